The van der Waals surface area contributed by atoms with Crippen molar-refractivity contribution < 1.29 is 14.0 Å². The summed E-state index contributed by atoms with van der Waals surface area (Å²) in [5.41, 5.74) is 2.24. The molecule has 4 atom stereocenters. The summed E-state index contributed by atoms with van der Waals surface area (Å²) in [4.78, 5) is 12.7. The number of carbonyl (C=O) groups is 1. The van der Waals surface area contributed by atoms with E-state index in [1.807, 2.05) is 18.2 Å². The average Bonchev–Trinajstić information content (AvgIpc) is 3.08. The first-order chi connectivity index (χ1) is 22.6. The van der Waals surface area contributed by atoms with Gasteiger partial charge in [-0.05, 0) is 72.5 Å². The van der Waals surface area contributed by atoms with Gasteiger partial charge in [0.2, 0.25) is 5.78 Å². The highest BCUT2D eigenvalue weighted by atomic mass is 28.4. The number of Topliss-reactive ketones (excluding diaryl/α,β-unsaturated/α-hetero) is 1. The second-order valence-corrected chi connectivity index (χ2v) is 18.1. The highest BCUT2D eigenvalue weighted by Crippen LogP contribution is 2.42. The van der Waals surface area contributed by atoms with E-state index in [1.54, 1.807) is 0 Å². The summed E-state index contributed by atoms with van der Waals surface area (Å²) in [6.07, 6.45) is 10.5. The number of rotatable bonds is 19. The Kier molecular flexibility index (Phi) is 15.9. The number of unbranched alkanes of at least 4 members (excludes halogenated alkanes) is 1. The van der Waals surface area contributed by atoms with Gasteiger partial charge in [0, 0.05) is 12.3 Å². The lowest BCUT2D eigenvalue weighted by Gasteiger charge is -2.40. The molecule has 0 heterocycles. The van der Waals surface area contributed by atoms with Crippen LogP contribution < -0.4 is 0 Å². The fourth-order valence-electron chi connectivity index (χ4n) is 6.25. The normalized spacial score (nSPS) is 14.6. The molecule has 0 aromatic heterocycles. The zero-order chi connectivity index (χ0) is 34.1. The smallest absolute Gasteiger partial charge is 0.205 e. The third-order valence-corrected chi connectivity index (χ3v) is 11.2. The van der Waals surface area contributed by atoms with Crippen LogP contribution >= 0.6 is 0 Å². The number of ketones is 1. The van der Waals surface area contributed by atoms with Crippen LogP contribution in [0.2, 0.25) is 19.1 Å². The van der Waals surface area contributed by atoms with E-state index in [2.05, 4.69) is 145 Å². The Balaban J connectivity index is 1.91. The summed E-state index contributed by atoms with van der Waals surface area (Å²) < 4.78 is 14.3. The van der Waals surface area contributed by atoms with Gasteiger partial charge in [0.15, 0.2) is 14.6 Å². The van der Waals surface area contributed by atoms with Crippen molar-refractivity contribution in [2.24, 2.45) is 17.8 Å². The van der Waals surface area contributed by atoms with Gasteiger partial charge in [-0.3, -0.25) is 4.79 Å². The van der Waals surface area contributed by atoms with Crippen LogP contribution in [-0.2, 0) is 19.6 Å². The van der Waals surface area contributed by atoms with E-state index >= 15 is 0 Å². The number of allylic oxidation sites excluding steroid dienone is 1. The first-order valence-corrected chi connectivity index (χ1v) is 21.0. The first kappa shape index (κ1) is 38.2. The van der Waals surface area contributed by atoms with Crippen LogP contribution in [-0.4, -0.2) is 20.4 Å². The van der Waals surface area contributed by atoms with E-state index in [-0.39, 0.29) is 17.6 Å². The van der Waals surface area contributed by atoms with Gasteiger partial charge in [-0.2, -0.15) is 0 Å². The highest BCUT2D eigenvalue weighted by molar-refractivity contribution is 6.71. The minimum atomic E-state index is -2.09. The van der Waals surface area contributed by atoms with Crippen molar-refractivity contribution in [2.75, 3.05) is 0 Å². The molecule has 4 heteroatoms. The van der Waals surface area contributed by atoms with Crippen molar-refractivity contribution in [3.63, 3.8) is 0 Å². The molecule has 0 spiro atoms. The predicted octanol–water partition coefficient (Wildman–Crippen LogP) is 11.4. The van der Waals surface area contributed by atoms with Gasteiger partial charge in [0.05, 0.1) is 0 Å². The number of benzene rings is 3. The zero-order valence-electron chi connectivity index (χ0n) is 30.0. The summed E-state index contributed by atoms with van der Waals surface area (Å²) in [6.45, 7) is 15.6. The SMILES string of the molecule is CCCC[Si](C)(C)OC(C=CC(C)CCC(=O)C#CC(C)CC(C)CCC)OC(c1ccccc1)(c1ccccc1)c1ccccc1. The molecule has 0 N–H and O–H groups in total. The maximum Gasteiger partial charge on any atom is 0.205 e. The molecule has 3 aromatic rings. The number of hydrogen-bond donors (Lipinski definition) is 0. The molecule has 3 rings (SSSR count). The minimum absolute atomic E-state index is 0.0219. The van der Waals surface area contributed by atoms with E-state index in [9.17, 15) is 4.79 Å². The van der Waals surface area contributed by atoms with Crippen LogP contribution in [0, 0.1) is 29.6 Å². The molecule has 0 saturated heterocycles. The fourth-order valence-corrected chi connectivity index (χ4v) is 8.33. The van der Waals surface area contributed by atoms with Gasteiger partial charge in [0.25, 0.3) is 0 Å². The lowest BCUT2D eigenvalue weighted by atomic mass is 9.80. The van der Waals surface area contributed by atoms with Crippen molar-refractivity contribution in [1.29, 1.82) is 0 Å². The fraction of sp³-hybridized carbons (Fsp3) is 0.465. The van der Waals surface area contributed by atoms with Gasteiger partial charge in [0.1, 0.15) is 5.60 Å². The second kappa shape index (κ2) is 19.6. The summed E-state index contributed by atoms with van der Waals surface area (Å²) >= 11 is 0. The quantitative estimate of drug-likeness (QED) is 0.0323. The Labute approximate surface area is 287 Å². The Bertz CT molecular complexity index is 1310. The molecular formula is C43H58O3Si. The molecule has 3 aromatic carbocycles. The molecule has 0 aliphatic carbocycles. The largest absolute Gasteiger partial charge is 0.390 e. The molecule has 0 amide bonds. The molecule has 0 aliphatic heterocycles. The molecule has 0 radical (unpaired) electrons. The Hall–Kier alpha value is -3.23. The first-order valence-electron chi connectivity index (χ1n) is 17.8. The van der Waals surface area contributed by atoms with Gasteiger partial charge in [-0.1, -0.05) is 163 Å². The van der Waals surface area contributed by atoms with Crippen LogP contribution in [0.5, 0.6) is 0 Å². The van der Waals surface area contributed by atoms with Gasteiger partial charge < -0.3 is 9.16 Å². The van der Waals surface area contributed by atoms with E-state index in [1.165, 1.54) is 12.8 Å². The van der Waals surface area contributed by atoms with Crippen molar-refractivity contribution in [3.05, 3.63) is 120 Å². The van der Waals surface area contributed by atoms with E-state index in [4.69, 9.17) is 9.16 Å². The molecule has 0 bridgehead atoms. The van der Waals surface area contributed by atoms with E-state index in [0.29, 0.717) is 12.3 Å². The molecule has 0 aliphatic rings. The van der Waals surface area contributed by atoms with E-state index < -0.39 is 20.2 Å². The molecule has 0 saturated carbocycles. The highest BCUT2D eigenvalue weighted by Gasteiger charge is 2.41. The monoisotopic (exact) mass is 650 g/mol. The topological polar surface area (TPSA) is 35.5 Å². The van der Waals surface area contributed by atoms with Gasteiger partial charge >= 0.3 is 0 Å². The molecule has 4 unspecified atom stereocenters. The lowest BCUT2D eigenvalue weighted by molar-refractivity contribution is -0.121. The summed E-state index contributed by atoms with van der Waals surface area (Å²) in [6, 6.07) is 32.4. The summed E-state index contributed by atoms with van der Waals surface area (Å²) in [5.74, 6) is 7.21. The second-order valence-electron chi connectivity index (χ2n) is 13.9. The molecule has 3 nitrogen and oxygen atoms in total. The van der Waals surface area contributed by atoms with Crippen LogP contribution in [0.4, 0.5) is 0 Å². The van der Waals surface area contributed by atoms with Crippen molar-refractivity contribution >= 4 is 14.1 Å². The van der Waals surface area contributed by atoms with Crippen LogP contribution in [0.25, 0.3) is 0 Å². The third-order valence-electron chi connectivity index (χ3n) is 8.82. The standard InChI is InChI=1S/C43H58O3Si/c1-8-10-33-47(6,7)46-42(32-29-35(3)27-30-41(44)31-28-37(5)34-36(4)20-9-2)45-43(38-21-14-11-15-22-38,39-23-16-12-17-24-39)40-25-18-13-19-26-40/h11-19,21-26,29,32,35-37,42H,8-10,20,27,30,33-34H2,1-7H3. The van der Waals surface area contributed by atoms with Crippen molar-refractivity contribution in [3.8, 4) is 11.8 Å². The summed E-state index contributed by atoms with van der Waals surface area (Å²) in [7, 11) is -2.09. The van der Waals surface area contributed by atoms with Crippen LogP contribution in [0.1, 0.15) is 96.3 Å². The number of ether oxygens (including phenoxy) is 1. The Morgan fingerprint density at radius 1 is 0.787 bits per heavy atom. The number of hydrogen-bond acceptors (Lipinski definition) is 3. The lowest BCUT2D eigenvalue weighted by Crippen LogP contribution is -2.42. The van der Waals surface area contributed by atoms with E-state index in [0.717, 1.165) is 48.4 Å². The molecule has 0 fully saturated rings. The van der Waals surface area contributed by atoms with Crippen LogP contribution in [0.15, 0.2) is 103 Å². The van der Waals surface area contributed by atoms with Crippen molar-refractivity contribution in [2.45, 2.75) is 111 Å². The van der Waals surface area contributed by atoms with Gasteiger partial charge in [-0.25, -0.2) is 0 Å². The molecular weight excluding hydrogens is 593 g/mol. The minimum Gasteiger partial charge on any atom is -0.390 e. The molecule has 252 valence electrons. The Morgan fingerprint density at radius 2 is 1.32 bits per heavy atom. The van der Waals surface area contributed by atoms with Gasteiger partial charge in [-0.15, -0.1) is 0 Å². The number of carbonyl (C=O) groups excluding carboxylic acids is 1. The maximum absolute atomic E-state index is 12.7. The molecule has 47 heavy (non-hydrogen) atoms. The zero-order valence-corrected chi connectivity index (χ0v) is 31.0. The van der Waals surface area contributed by atoms with Crippen LogP contribution in [0.3, 0.4) is 0 Å². The maximum atomic E-state index is 12.7. The predicted molar refractivity (Wildman–Crippen MR) is 201 cm³/mol. The van der Waals surface area contributed by atoms with Crippen molar-refractivity contribution in [1.82, 2.24) is 0 Å². The Morgan fingerprint density at radius 3 is 1.81 bits per heavy atom. The third kappa shape index (κ3) is 12.4. The summed E-state index contributed by atoms with van der Waals surface area (Å²) in [5, 5.41) is 0. The average molecular weight is 651 g/mol.